The van der Waals surface area contributed by atoms with Gasteiger partial charge >= 0.3 is 0 Å². The van der Waals surface area contributed by atoms with Crippen LogP contribution in [-0.2, 0) is 0 Å². The second-order valence-electron chi connectivity index (χ2n) is 4.12. The first-order valence-electron chi connectivity index (χ1n) is 5.87. The lowest BCUT2D eigenvalue weighted by molar-refractivity contribution is 0.242. The maximum absolute atomic E-state index is 8.57. The summed E-state index contributed by atoms with van der Waals surface area (Å²) in [5.74, 6) is 1.42. The fourth-order valence-electron chi connectivity index (χ4n) is 1.41. The molecule has 0 atom stereocenters. The minimum absolute atomic E-state index is 0.0157. The Hall–Kier alpha value is -1.79. The molecule has 1 aromatic heterocycles. The Morgan fingerprint density at radius 3 is 2.55 bits per heavy atom. The molecule has 0 unspecified atom stereocenters. The van der Waals surface area contributed by atoms with Crippen molar-refractivity contribution in [2.45, 2.75) is 20.0 Å². The van der Waals surface area contributed by atoms with Crippen LogP contribution in [0.5, 0.6) is 16.7 Å². The summed E-state index contributed by atoms with van der Waals surface area (Å²) in [6.07, 6.45) is 1.61. The minimum Gasteiger partial charge on any atom is -0.491 e. The van der Waals surface area contributed by atoms with Crippen LogP contribution >= 0.6 is 22.9 Å². The standard InChI is InChI=1S/C13H13ClN2O3S/c1-8(2)18-9-3-5-10(6-4-9)19-13-15-7-11(20-13)12(14)16-17/h3-8,17H,1-2H3/b16-12-. The van der Waals surface area contributed by atoms with E-state index in [1.807, 2.05) is 26.0 Å². The maximum Gasteiger partial charge on any atom is 0.279 e. The third-order valence-corrected chi connectivity index (χ3v) is 3.45. The molecule has 1 heterocycles. The molecule has 1 aromatic carbocycles. The number of rotatable bonds is 5. The number of nitrogens with zero attached hydrogens (tertiary/aromatic N) is 2. The van der Waals surface area contributed by atoms with E-state index >= 15 is 0 Å². The Morgan fingerprint density at radius 1 is 1.30 bits per heavy atom. The summed E-state index contributed by atoms with van der Waals surface area (Å²) in [6, 6.07) is 7.24. The molecular weight excluding hydrogens is 300 g/mol. The van der Waals surface area contributed by atoms with Gasteiger partial charge < -0.3 is 14.7 Å². The van der Waals surface area contributed by atoms with E-state index in [4.69, 9.17) is 26.3 Å². The summed E-state index contributed by atoms with van der Waals surface area (Å²) in [5.41, 5.74) is 0. The average Bonchev–Trinajstić information content (AvgIpc) is 2.88. The van der Waals surface area contributed by atoms with E-state index in [-0.39, 0.29) is 11.3 Å². The van der Waals surface area contributed by atoms with Gasteiger partial charge in [0.2, 0.25) is 0 Å². The van der Waals surface area contributed by atoms with Gasteiger partial charge in [0.25, 0.3) is 5.19 Å². The van der Waals surface area contributed by atoms with Crippen molar-refractivity contribution in [2.75, 3.05) is 0 Å². The van der Waals surface area contributed by atoms with Gasteiger partial charge in [0, 0.05) is 0 Å². The van der Waals surface area contributed by atoms with Crippen LogP contribution in [0, 0.1) is 0 Å². The maximum atomic E-state index is 8.57. The third-order valence-electron chi connectivity index (χ3n) is 2.18. The Bertz CT molecular complexity index is 596. The van der Waals surface area contributed by atoms with Crippen LogP contribution in [0.4, 0.5) is 0 Å². The van der Waals surface area contributed by atoms with Gasteiger partial charge in [-0.1, -0.05) is 28.1 Å². The lowest BCUT2D eigenvalue weighted by Gasteiger charge is -2.09. The molecule has 0 aliphatic rings. The first kappa shape index (κ1) is 14.6. The quantitative estimate of drug-likeness (QED) is 0.513. The van der Waals surface area contributed by atoms with Gasteiger partial charge in [-0.25, -0.2) is 4.98 Å². The number of aromatic nitrogens is 1. The molecule has 2 aromatic rings. The van der Waals surface area contributed by atoms with Crippen LogP contribution in [0.1, 0.15) is 18.7 Å². The molecule has 0 aliphatic heterocycles. The molecule has 0 bridgehead atoms. The Kier molecular flexibility index (Phi) is 4.81. The predicted octanol–water partition coefficient (Wildman–Crippen LogP) is 4.10. The zero-order valence-corrected chi connectivity index (χ0v) is 12.5. The summed E-state index contributed by atoms with van der Waals surface area (Å²) < 4.78 is 11.1. The second kappa shape index (κ2) is 6.58. The molecule has 0 radical (unpaired) electrons. The van der Waals surface area contributed by atoms with Crippen molar-refractivity contribution < 1.29 is 14.7 Å². The number of hydrogen-bond donors (Lipinski definition) is 1. The SMILES string of the molecule is CC(C)Oc1ccc(Oc2ncc(/C(Cl)=N/O)s2)cc1. The van der Waals surface area contributed by atoms with E-state index in [0.29, 0.717) is 15.8 Å². The Labute approximate surface area is 125 Å². The Morgan fingerprint density at radius 2 is 1.95 bits per heavy atom. The fraction of sp³-hybridized carbons (Fsp3) is 0.231. The van der Waals surface area contributed by atoms with Gasteiger partial charge in [-0.15, -0.1) is 0 Å². The van der Waals surface area contributed by atoms with Crippen molar-refractivity contribution in [3.63, 3.8) is 0 Å². The monoisotopic (exact) mass is 312 g/mol. The third kappa shape index (κ3) is 3.85. The van der Waals surface area contributed by atoms with Crippen molar-refractivity contribution >= 4 is 28.1 Å². The summed E-state index contributed by atoms with van der Waals surface area (Å²) in [5, 5.41) is 11.9. The fourth-order valence-corrected chi connectivity index (χ4v) is 2.24. The van der Waals surface area contributed by atoms with Gasteiger partial charge in [-0.05, 0) is 38.1 Å². The molecule has 2 rings (SSSR count). The van der Waals surface area contributed by atoms with Crippen molar-refractivity contribution in [1.82, 2.24) is 4.98 Å². The first-order valence-corrected chi connectivity index (χ1v) is 7.06. The zero-order valence-electron chi connectivity index (χ0n) is 10.9. The van der Waals surface area contributed by atoms with Gasteiger partial charge in [-0.2, -0.15) is 0 Å². The molecule has 106 valence electrons. The summed E-state index contributed by atoms with van der Waals surface area (Å²) in [4.78, 5) is 4.57. The van der Waals surface area contributed by atoms with Crippen molar-refractivity contribution in [1.29, 1.82) is 0 Å². The van der Waals surface area contributed by atoms with E-state index in [9.17, 15) is 0 Å². The number of hydrogen-bond acceptors (Lipinski definition) is 6. The Balaban J connectivity index is 2.04. The van der Waals surface area contributed by atoms with E-state index in [0.717, 1.165) is 5.75 Å². The van der Waals surface area contributed by atoms with Gasteiger partial charge in [0.1, 0.15) is 11.5 Å². The van der Waals surface area contributed by atoms with Crippen LogP contribution in [0.3, 0.4) is 0 Å². The van der Waals surface area contributed by atoms with Gasteiger partial charge in [0.05, 0.1) is 17.2 Å². The zero-order chi connectivity index (χ0) is 14.5. The lowest BCUT2D eigenvalue weighted by atomic mass is 10.3. The van der Waals surface area contributed by atoms with Crippen molar-refractivity contribution in [2.24, 2.45) is 5.16 Å². The van der Waals surface area contributed by atoms with E-state index in [2.05, 4.69) is 10.1 Å². The molecule has 1 N–H and O–H groups in total. The van der Waals surface area contributed by atoms with Crippen LogP contribution < -0.4 is 9.47 Å². The summed E-state index contributed by atoms with van der Waals surface area (Å²) in [7, 11) is 0. The molecule has 0 fully saturated rings. The average molecular weight is 313 g/mol. The number of thiazole rings is 1. The molecule has 0 amide bonds. The number of benzene rings is 1. The topological polar surface area (TPSA) is 63.9 Å². The van der Waals surface area contributed by atoms with Crippen LogP contribution in [0.15, 0.2) is 35.6 Å². The highest BCUT2D eigenvalue weighted by molar-refractivity contribution is 7.17. The molecular formula is C13H13ClN2O3S. The van der Waals surface area contributed by atoms with Crippen LogP contribution in [0.2, 0.25) is 0 Å². The number of oxime groups is 1. The molecule has 0 saturated carbocycles. The van der Waals surface area contributed by atoms with Gasteiger partial charge in [-0.3, -0.25) is 0 Å². The first-order chi connectivity index (χ1) is 9.58. The molecule has 0 spiro atoms. The molecule has 20 heavy (non-hydrogen) atoms. The van der Waals surface area contributed by atoms with Crippen LogP contribution in [0.25, 0.3) is 0 Å². The normalized spacial score (nSPS) is 11.7. The highest BCUT2D eigenvalue weighted by Crippen LogP contribution is 2.28. The molecule has 7 heteroatoms. The second-order valence-corrected chi connectivity index (χ2v) is 5.47. The lowest BCUT2D eigenvalue weighted by Crippen LogP contribution is -2.05. The molecule has 5 nitrogen and oxygen atoms in total. The molecule has 0 aliphatic carbocycles. The van der Waals surface area contributed by atoms with Crippen molar-refractivity contribution in [3.05, 3.63) is 35.3 Å². The van der Waals surface area contributed by atoms with Crippen LogP contribution in [-0.4, -0.2) is 21.5 Å². The number of halogens is 1. The van der Waals surface area contributed by atoms with Gasteiger partial charge in [0.15, 0.2) is 5.17 Å². The molecule has 0 saturated heterocycles. The highest BCUT2D eigenvalue weighted by atomic mass is 35.5. The highest BCUT2D eigenvalue weighted by Gasteiger charge is 2.09. The minimum atomic E-state index is -0.0157. The summed E-state index contributed by atoms with van der Waals surface area (Å²) >= 11 is 6.86. The van der Waals surface area contributed by atoms with Crippen molar-refractivity contribution in [3.8, 4) is 16.7 Å². The predicted molar refractivity (Wildman–Crippen MR) is 78.6 cm³/mol. The summed E-state index contributed by atoms with van der Waals surface area (Å²) in [6.45, 7) is 3.93. The smallest absolute Gasteiger partial charge is 0.279 e. The largest absolute Gasteiger partial charge is 0.491 e. The van der Waals surface area contributed by atoms with E-state index in [1.54, 1.807) is 12.1 Å². The van der Waals surface area contributed by atoms with E-state index < -0.39 is 0 Å². The number of ether oxygens (including phenoxy) is 2. The van der Waals surface area contributed by atoms with E-state index in [1.165, 1.54) is 17.5 Å².